The summed E-state index contributed by atoms with van der Waals surface area (Å²) >= 11 is 4.42. The Bertz CT molecular complexity index is 572. The highest BCUT2D eigenvalue weighted by atomic mass is 79.9. The molecule has 1 N–H and O–H groups in total. The monoisotopic (exact) mass is 314 g/mol. The van der Waals surface area contributed by atoms with E-state index in [1.807, 2.05) is 0 Å². The van der Waals surface area contributed by atoms with Gasteiger partial charge in [-0.3, -0.25) is 0 Å². The normalized spacial score (nSPS) is 10.5. The van der Waals surface area contributed by atoms with Crippen molar-refractivity contribution < 1.29 is 9.90 Å². The van der Waals surface area contributed by atoms with Crippen LogP contribution in [0.1, 0.15) is 10.4 Å². The quantitative estimate of drug-likeness (QED) is 0.930. The van der Waals surface area contributed by atoms with Crippen LogP contribution in [0.15, 0.2) is 32.7 Å². The van der Waals surface area contributed by atoms with E-state index in [9.17, 15) is 4.79 Å². The molecule has 2 rings (SSSR count). The molecule has 8 heteroatoms. The van der Waals surface area contributed by atoms with Gasteiger partial charge in [-0.1, -0.05) is 6.07 Å². The van der Waals surface area contributed by atoms with Crippen LogP contribution in [0.2, 0.25) is 0 Å². The first-order valence-corrected chi connectivity index (χ1v) is 6.12. The zero-order valence-corrected chi connectivity index (χ0v) is 11.1. The number of carboxylic acids is 1. The molecule has 0 aliphatic rings. The maximum absolute atomic E-state index is 11.2. The smallest absolute Gasteiger partial charge is 0.338 e. The molecule has 0 aliphatic heterocycles. The molecule has 88 valence electrons. The van der Waals surface area contributed by atoms with Crippen molar-refractivity contribution in [2.75, 3.05) is 0 Å². The summed E-state index contributed by atoms with van der Waals surface area (Å²) in [7, 11) is 1.70. The maximum atomic E-state index is 11.2. The largest absolute Gasteiger partial charge is 0.478 e. The van der Waals surface area contributed by atoms with Crippen LogP contribution >= 0.6 is 27.7 Å². The van der Waals surface area contributed by atoms with Gasteiger partial charge in [-0.25, -0.2) is 9.48 Å². The second-order valence-corrected chi connectivity index (χ2v) is 4.97. The van der Waals surface area contributed by atoms with E-state index in [1.54, 1.807) is 25.2 Å². The molecule has 0 bridgehead atoms. The molecule has 0 spiro atoms. The van der Waals surface area contributed by atoms with Crippen LogP contribution in [0.25, 0.3) is 0 Å². The first-order valence-electron chi connectivity index (χ1n) is 4.51. The third-order valence-corrected chi connectivity index (χ3v) is 3.72. The topological polar surface area (TPSA) is 80.9 Å². The minimum Gasteiger partial charge on any atom is -0.478 e. The molecule has 0 atom stereocenters. The number of aryl methyl sites for hydroxylation is 1. The van der Waals surface area contributed by atoms with E-state index < -0.39 is 5.97 Å². The zero-order valence-electron chi connectivity index (χ0n) is 8.66. The van der Waals surface area contributed by atoms with Crippen molar-refractivity contribution in [1.82, 2.24) is 20.2 Å². The van der Waals surface area contributed by atoms with Gasteiger partial charge in [0.25, 0.3) is 0 Å². The van der Waals surface area contributed by atoms with Crippen molar-refractivity contribution in [1.29, 1.82) is 0 Å². The van der Waals surface area contributed by atoms with Gasteiger partial charge >= 0.3 is 5.97 Å². The molecule has 1 aromatic heterocycles. The first kappa shape index (κ1) is 12.1. The summed E-state index contributed by atoms with van der Waals surface area (Å²) in [5, 5.41) is 20.7. The van der Waals surface area contributed by atoms with E-state index in [2.05, 4.69) is 31.5 Å². The fourth-order valence-corrected chi connectivity index (χ4v) is 2.76. The number of benzene rings is 1. The van der Waals surface area contributed by atoms with Crippen LogP contribution in [0.5, 0.6) is 0 Å². The Labute approximate surface area is 109 Å². The van der Waals surface area contributed by atoms with E-state index in [-0.39, 0.29) is 5.56 Å². The third kappa shape index (κ3) is 2.47. The Morgan fingerprint density at radius 1 is 1.53 bits per heavy atom. The van der Waals surface area contributed by atoms with Gasteiger partial charge in [-0.05, 0) is 50.3 Å². The number of hydrogen-bond acceptors (Lipinski definition) is 5. The minimum absolute atomic E-state index is 0.209. The number of tetrazole rings is 1. The van der Waals surface area contributed by atoms with Gasteiger partial charge in [-0.15, -0.1) is 5.10 Å². The molecule has 0 unspecified atom stereocenters. The third-order valence-electron chi connectivity index (χ3n) is 1.97. The Balaban J connectivity index is 2.43. The van der Waals surface area contributed by atoms with Gasteiger partial charge in [0.1, 0.15) is 0 Å². The van der Waals surface area contributed by atoms with Gasteiger partial charge in [0.2, 0.25) is 5.16 Å². The maximum Gasteiger partial charge on any atom is 0.338 e. The second-order valence-electron chi connectivity index (χ2n) is 3.11. The first-order chi connectivity index (χ1) is 8.09. The van der Waals surface area contributed by atoms with Crippen molar-refractivity contribution in [3.8, 4) is 0 Å². The summed E-state index contributed by atoms with van der Waals surface area (Å²) in [6, 6.07) is 5.17. The van der Waals surface area contributed by atoms with Gasteiger partial charge in [0.05, 0.1) is 5.56 Å². The van der Waals surface area contributed by atoms with Crippen LogP contribution in [-0.4, -0.2) is 31.3 Å². The molecule has 17 heavy (non-hydrogen) atoms. The molecule has 1 aromatic carbocycles. The Hall–Kier alpha value is -1.41. The Morgan fingerprint density at radius 3 is 2.88 bits per heavy atom. The number of carboxylic acid groups (broad SMARTS) is 1. The average Bonchev–Trinajstić information content (AvgIpc) is 2.64. The van der Waals surface area contributed by atoms with Crippen LogP contribution in [0, 0.1) is 0 Å². The predicted molar refractivity (Wildman–Crippen MR) is 64.0 cm³/mol. The lowest BCUT2D eigenvalue weighted by atomic mass is 10.2. The van der Waals surface area contributed by atoms with Gasteiger partial charge in [0.15, 0.2) is 0 Å². The average molecular weight is 315 g/mol. The van der Waals surface area contributed by atoms with Crippen molar-refractivity contribution in [2.45, 2.75) is 10.1 Å². The molecule has 0 fully saturated rings. The van der Waals surface area contributed by atoms with Crippen LogP contribution in [0.3, 0.4) is 0 Å². The van der Waals surface area contributed by atoms with Crippen molar-refractivity contribution in [3.05, 3.63) is 28.2 Å². The SMILES string of the molecule is Cn1nnnc1Sc1cccc(Br)c1C(=O)O. The van der Waals surface area contributed by atoms with E-state index in [0.717, 1.165) is 0 Å². The van der Waals surface area contributed by atoms with E-state index in [4.69, 9.17) is 5.11 Å². The number of carbonyl (C=O) groups is 1. The summed E-state index contributed by atoms with van der Waals surface area (Å²) in [4.78, 5) is 11.7. The molecule has 1 heterocycles. The van der Waals surface area contributed by atoms with Crippen molar-refractivity contribution >= 4 is 33.7 Å². The van der Waals surface area contributed by atoms with Gasteiger partial charge < -0.3 is 5.11 Å². The number of rotatable bonds is 3. The van der Waals surface area contributed by atoms with E-state index >= 15 is 0 Å². The summed E-state index contributed by atoms with van der Waals surface area (Å²) in [6.45, 7) is 0. The number of aromatic carboxylic acids is 1. The highest BCUT2D eigenvalue weighted by Crippen LogP contribution is 2.32. The van der Waals surface area contributed by atoms with E-state index in [0.29, 0.717) is 14.5 Å². The highest BCUT2D eigenvalue weighted by Gasteiger charge is 2.16. The fraction of sp³-hybridized carbons (Fsp3) is 0.111. The fourth-order valence-electron chi connectivity index (χ4n) is 1.20. The summed E-state index contributed by atoms with van der Waals surface area (Å²) in [6.07, 6.45) is 0. The zero-order chi connectivity index (χ0) is 12.4. The Kier molecular flexibility index (Phi) is 3.43. The standard InChI is InChI=1S/C9H7BrN4O2S/c1-14-9(11-12-13-14)17-6-4-2-3-5(10)7(6)8(15)16/h2-4H,1H3,(H,15,16). The molecular formula is C9H7BrN4O2S. The number of halogens is 1. The predicted octanol–water partition coefficient (Wildman–Crippen LogP) is 1.82. The van der Waals surface area contributed by atoms with Crippen molar-refractivity contribution in [3.63, 3.8) is 0 Å². The number of nitrogens with zero attached hydrogens (tertiary/aromatic N) is 4. The minimum atomic E-state index is -0.991. The summed E-state index contributed by atoms with van der Waals surface area (Å²) < 4.78 is 2.02. The Morgan fingerprint density at radius 2 is 2.29 bits per heavy atom. The molecule has 0 radical (unpaired) electrons. The molecule has 0 aliphatic carbocycles. The number of aromatic nitrogens is 4. The van der Waals surface area contributed by atoms with Gasteiger partial charge in [0, 0.05) is 16.4 Å². The molecule has 6 nitrogen and oxygen atoms in total. The van der Waals surface area contributed by atoms with Crippen molar-refractivity contribution in [2.24, 2.45) is 7.05 Å². The molecule has 0 saturated carbocycles. The molecule has 0 saturated heterocycles. The lowest BCUT2D eigenvalue weighted by Crippen LogP contribution is -2.01. The number of hydrogen-bond donors (Lipinski definition) is 1. The lowest BCUT2D eigenvalue weighted by molar-refractivity contribution is 0.0692. The molecule has 2 aromatic rings. The van der Waals surface area contributed by atoms with Crippen LogP contribution < -0.4 is 0 Å². The summed E-state index contributed by atoms with van der Waals surface area (Å²) in [5.74, 6) is -0.991. The lowest BCUT2D eigenvalue weighted by Gasteiger charge is -2.05. The van der Waals surface area contributed by atoms with Crippen LogP contribution in [0.4, 0.5) is 0 Å². The second kappa shape index (κ2) is 4.84. The van der Waals surface area contributed by atoms with Gasteiger partial charge in [-0.2, -0.15) is 0 Å². The molecular weight excluding hydrogens is 308 g/mol. The highest BCUT2D eigenvalue weighted by molar-refractivity contribution is 9.10. The van der Waals surface area contributed by atoms with Crippen LogP contribution in [-0.2, 0) is 7.05 Å². The van der Waals surface area contributed by atoms with E-state index in [1.165, 1.54) is 16.4 Å². The summed E-state index contributed by atoms with van der Waals surface area (Å²) in [5.41, 5.74) is 0.209. The molecule has 0 amide bonds.